The van der Waals surface area contributed by atoms with E-state index < -0.39 is 0 Å². The van der Waals surface area contributed by atoms with Crippen LogP contribution >= 0.6 is 0 Å². The zero-order valence-corrected chi connectivity index (χ0v) is 10.3. The van der Waals surface area contributed by atoms with Gasteiger partial charge >= 0.3 is 0 Å². The summed E-state index contributed by atoms with van der Waals surface area (Å²) in [4.78, 5) is 4.28. The van der Waals surface area contributed by atoms with E-state index in [1.54, 1.807) is 19.1 Å². The van der Waals surface area contributed by atoms with Crippen LogP contribution in [0, 0.1) is 12.7 Å². The molecule has 18 heavy (non-hydrogen) atoms. The van der Waals surface area contributed by atoms with Crippen LogP contribution in [0.1, 0.15) is 24.3 Å². The summed E-state index contributed by atoms with van der Waals surface area (Å²) in [6.45, 7) is 2.37. The van der Waals surface area contributed by atoms with Crippen molar-refractivity contribution in [2.75, 3.05) is 6.54 Å². The minimum absolute atomic E-state index is 0.231. The number of hydrogen-bond acceptors (Lipinski definition) is 4. The van der Waals surface area contributed by atoms with Crippen molar-refractivity contribution < 1.29 is 8.91 Å². The lowest BCUT2D eigenvalue weighted by Crippen LogP contribution is -1.99. The monoisotopic (exact) mass is 249 g/mol. The lowest BCUT2D eigenvalue weighted by atomic mass is 10.1. The molecule has 0 unspecified atom stereocenters. The van der Waals surface area contributed by atoms with Gasteiger partial charge in [-0.05, 0) is 50.1 Å². The SMILES string of the molecule is Cc1cc(-c2noc(CCCCN)n2)ccc1F. The van der Waals surface area contributed by atoms with E-state index in [9.17, 15) is 4.39 Å². The average Bonchev–Trinajstić information content (AvgIpc) is 2.82. The molecule has 5 heteroatoms. The number of halogens is 1. The van der Waals surface area contributed by atoms with Gasteiger partial charge in [0.15, 0.2) is 0 Å². The highest BCUT2D eigenvalue weighted by Gasteiger charge is 2.09. The summed E-state index contributed by atoms with van der Waals surface area (Å²) in [7, 11) is 0. The molecule has 0 aliphatic heterocycles. The first-order chi connectivity index (χ1) is 8.70. The first-order valence-corrected chi connectivity index (χ1v) is 6.00. The topological polar surface area (TPSA) is 64.9 Å². The van der Waals surface area contributed by atoms with Crippen molar-refractivity contribution in [2.45, 2.75) is 26.2 Å². The smallest absolute Gasteiger partial charge is 0.226 e. The normalized spacial score (nSPS) is 10.8. The molecule has 1 heterocycles. The highest BCUT2D eigenvalue weighted by molar-refractivity contribution is 5.55. The average molecular weight is 249 g/mol. The van der Waals surface area contributed by atoms with Gasteiger partial charge in [-0.15, -0.1) is 0 Å². The Morgan fingerprint density at radius 1 is 1.33 bits per heavy atom. The Balaban J connectivity index is 2.11. The van der Waals surface area contributed by atoms with E-state index >= 15 is 0 Å². The molecule has 96 valence electrons. The number of hydrogen-bond donors (Lipinski definition) is 1. The van der Waals surface area contributed by atoms with Gasteiger partial charge in [0.25, 0.3) is 0 Å². The van der Waals surface area contributed by atoms with E-state index in [1.165, 1.54) is 6.07 Å². The van der Waals surface area contributed by atoms with E-state index in [2.05, 4.69) is 10.1 Å². The first-order valence-electron chi connectivity index (χ1n) is 6.00. The Labute approximate surface area is 105 Å². The standard InChI is InChI=1S/C13H16FN3O/c1-9-8-10(5-6-11(9)14)13-16-12(18-17-13)4-2-3-7-15/h5-6,8H,2-4,7,15H2,1H3. The minimum atomic E-state index is -0.231. The van der Waals surface area contributed by atoms with Crippen LogP contribution in [0.15, 0.2) is 22.7 Å². The third-order valence-electron chi connectivity index (χ3n) is 2.73. The highest BCUT2D eigenvalue weighted by Crippen LogP contribution is 2.19. The van der Waals surface area contributed by atoms with Gasteiger partial charge in [0, 0.05) is 12.0 Å². The fourth-order valence-electron chi connectivity index (χ4n) is 1.68. The predicted molar refractivity (Wildman–Crippen MR) is 66.4 cm³/mol. The summed E-state index contributed by atoms with van der Waals surface area (Å²) in [5, 5.41) is 3.90. The van der Waals surface area contributed by atoms with Crippen molar-refractivity contribution in [3.63, 3.8) is 0 Å². The van der Waals surface area contributed by atoms with Crippen molar-refractivity contribution in [3.8, 4) is 11.4 Å². The van der Waals surface area contributed by atoms with E-state index in [1.807, 2.05) is 0 Å². The summed E-state index contributed by atoms with van der Waals surface area (Å²) in [5.74, 6) is 0.867. The van der Waals surface area contributed by atoms with Crippen molar-refractivity contribution in [3.05, 3.63) is 35.5 Å². The lowest BCUT2D eigenvalue weighted by Gasteiger charge is -1.98. The van der Waals surface area contributed by atoms with Crippen molar-refractivity contribution >= 4 is 0 Å². The van der Waals surface area contributed by atoms with Crippen LogP contribution < -0.4 is 5.73 Å². The maximum absolute atomic E-state index is 13.1. The zero-order chi connectivity index (χ0) is 13.0. The second-order valence-electron chi connectivity index (χ2n) is 4.22. The van der Waals surface area contributed by atoms with Gasteiger partial charge in [-0.3, -0.25) is 0 Å². The molecular formula is C13H16FN3O. The molecule has 0 bridgehead atoms. The molecule has 2 rings (SSSR count). The Kier molecular flexibility index (Phi) is 4.04. The van der Waals surface area contributed by atoms with Crippen LogP contribution in [-0.2, 0) is 6.42 Å². The molecule has 4 nitrogen and oxygen atoms in total. The second-order valence-corrected chi connectivity index (χ2v) is 4.22. The molecule has 0 atom stereocenters. The maximum Gasteiger partial charge on any atom is 0.226 e. The van der Waals surface area contributed by atoms with E-state index in [4.69, 9.17) is 10.3 Å². The number of aryl methyl sites for hydroxylation is 2. The molecular weight excluding hydrogens is 233 g/mol. The Morgan fingerprint density at radius 2 is 2.17 bits per heavy atom. The van der Waals surface area contributed by atoms with Gasteiger partial charge in [-0.25, -0.2) is 4.39 Å². The third-order valence-corrected chi connectivity index (χ3v) is 2.73. The Morgan fingerprint density at radius 3 is 2.89 bits per heavy atom. The Bertz CT molecular complexity index is 525. The summed E-state index contributed by atoms with van der Waals surface area (Å²) >= 11 is 0. The van der Waals surface area contributed by atoms with Crippen molar-refractivity contribution in [2.24, 2.45) is 5.73 Å². The molecule has 0 amide bonds. The van der Waals surface area contributed by atoms with Crippen LogP contribution in [0.25, 0.3) is 11.4 Å². The highest BCUT2D eigenvalue weighted by atomic mass is 19.1. The molecule has 2 N–H and O–H groups in total. The molecule has 0 fully saturated rings. The van der Waals surface area contributed by atoms with Crippen LogP contribution in [0.2, 0.25) is 0 Å². The van der Waals surface area contributed by atoms with Crippen LogP contribution in [0.5, 0.6) is 0 Å². The van der Waals surface area contributed by atoms with E-state index in [0.29, 0.717) is 23.8 Å². The summed E-state index contributed by atoms with van der Waals surface area (Å²) in [6, 6.07) is 4.77. The van der Waals surface area contributed by atoms with E-state index in [0.717, 1.165) is 24.8 Å². The maximum atomic E-state index is 13.1. The lowest BCUT2D eigenvalue weighted by molar-refractivity contribution is 0.375. The van der Waals surface area contributed by atoms with Crippen molar-refractivity contribution in [1.29, 1.82) is 0 Å². The summed E-state index contributed by atoms with van der Waals surface area (Å²) < 4.78 is 18.3. The number of aromatic nitrogens is 2. The number of benzene rings is 1. The van der Waals surface area contributed by atoms with E-state index in [-0.39, 0.29) is 5.82 Å². The first kappa shape index (κ1) is 12.7. The fraction of sp³-hybridized carbons (Fsp3) is 0.385. The van der Waals surface area contributed by atoms with Crippen molar-refractivity contribution in [1.82, 2.24) is 10.1 Å². The zero-order valence-electron chi connectivity index (χ0n) is 10.3. The van der Waals surface area contributed by atoms with Gasteiger partial charge < -0.3 is 10.3 Å². The Hall–Kier alpha value is -1.75. The van der Waals surface area contributed by atoms with Crippen LogP contribution in [0.4, 0.5) is 4.39 Å². The largest absolute Gasteiger partial charge is 0.339 e. The van der Waals surface area contributed by atoms with Gasteiger partial charge in [-0.2, -0.15) is 4.98 Å². The number of rotatable bonds is 5. The van der Waals surface area contributed by atoms with Gasteiger partial charge in [0.2, 0.25) is 11.7 Å². The molecule has 1 aromatic carbocycles. The van der Waals surface area contributed by atoms with Crippen LogP contribution in [-0.4, -0.2) is 16.7 Å². The van der Waals surface area contributed by atoms with Gasteiger partial charge in [0.05, 0.1) is 0 Å². The van der Waals surface area contributed by atoms with Crippen LogP contribution in [0.3, 0.4) is 0 Å². The fourth-order valence-corrected chi connectivity index (χ4v) is 1.68. The molecule has 0 saturated carbocycles. The molecule has 1 aromatic heterocycles. The summed E-state index contributed by atoms with van der Waals surface area (Å²) in [5.41, 5.74) is 6.76. The molecule has 0 radical (unpaired) electrons. The minimum Gasteiger partial charge on any atom is -0.339 e. The molecule has 0 aliphatic carbocycles. The molecule has 2 aromatic rings. The molecule has 0 saturated heterocycles. The number of nitrogens with zero attached hydrogens (tertiary/aromatic N) is 2. The van der Waals surface area contributed by atoms with Gasteiger partial charge in [-0.1, -0.05) is 5.16 Å². The molecule has 0 aliphatic rings. The second kappa shape index (κ2) is 5.73. The quantitative estimate of drug-likeness (QED) is 0.827. The third kappa shape index (κ3) is 2.92. The predicted octanol–water partition coefficient (Wildman–Crippen LogP) is 2.47. The number of unbranched alkanes of at least 4 members (excludes halogenated alkanes) is 1. The van der Waals surface area contributed by atoms with Gasteiger partial charge in [0.1, 0.15) is 5.82 Å². The summed E-state index contributed by atoms with van der Waals surface area (Å²) in [6.07, 6.45) is 2.60. The molecule has 0 spiro atoms. The number of nitrogens with two attached hydrogens (primary N) is 1.